The maximum atomic E-state index is 10.7. The van der Waals surface area contributed by atoms with Crippen molar-refractivity contribution in [3.8, 4) is 0 Å². The molecule has 2 aliphatic rings. The van der Waals surface area contributed by atoms with Gasteiger partial charge in [-0.1, -0.05) is 6.07 Å². The van der Waals surface area contributed by atoms with Crippen LogP contribution in [0.25, 0.3) is 0 Å². The van der Waals surface area contributed by atoms with E-state index in [1.165, 1.54) is 0 Å². The van der Waals surface area contributed by atoms with Gasteiger partial charge in [-0.2, -0.15) is 0 Å². The molecule has 0 aromatic heterocycles. The standard InChI is InChI=1S/C11H12N2O2/c14-13(15)9-1-2-10-8(5-9)6-12-7-11(10)3-4-11/h1-2,5,12H,3-4,6-7H2/i6D. The van der Waals surface area contributed by atoms with Gasteiger partial charge in [-0.15, -0.1) is 0 Å². The van der Waals surface area contributed by atoms with Crippen LogP contribution in [0, 0.1) is 10.1 Å². The molecule has 78 valence electrons. The SMILES string of the molecule is [2H]C1NCC2(CC2)c2ccc([N+](=O)[O-])cc21. The Morgan fingerprint density at radius 1 is 1.53 bits per heavy atom. The number of rotatable bonds is 1. The highest BCUT2D eigenvalue weighted by molar-refractivity contribution is 5.47. The third kappa shape index (κ3) is 1.25. The van der Waals surface area contributed by atoms with Crippen LogP contribution in [-0.2, 0) is 11.9 Å². The van der Waals surface area contributed by atoms with Crippen molar-refractivity contribution in [1.29, 1.82) is 0 Å². The van der Waals surface area contributed by atoms with E-state index in [-0.39, 0.29) is 11.1 Å². The summed E-state index contributed by atoms with van der Waals surface area (Å²) < 4.78 is 7.86. The van der Waals surface area contributed by atoms with Crippen molar-refractivity contribution >= 4 is 5.69 Å². The fraction of sp³-hybridized carbons (Fsp3) is 0.455. The van der Waals surface area contributed by atoms with Gasteiger partial charge in [0.2, 0.25) is 0 Å². The molecule has 1 N–H and O–H groups in total. The van der Waals surface area contributed by atoms with E-state index < -0.39 is 11.4 Å². The molecule has 0 radical (unpaired) electrons. The van der Waals surface area contributed by atoms with E-state index in [0.717, 1.165) is 30.5 Å². The molecule has 0 amide bonds. The molecule has 4 nitrogen and oxygen atoms in total. The molecule has 4 heteroatoms. The van der Waals surface area contributed by atoms with Gasteiger partial charge in [0.15, 0.2) is 0 Å². The fourth-order valence-corrected chi connectivity index (χ4v) is 2.31. The second kappa shape index (κ2) is 2.79. The predicted molar refractivity (Wildman–Crippen MR) is 55.7 cm³/mol. The molecule has 1 saturated carbocycles. The third-order valence-electron chi connectivity index (χ3n) is 3.37. The Hall–Kier alpha value is -1.42. The maximum absolute atomic E-state index is 10.7. The van der Waals surface area contributed by atoms with Gasteiger partial charge in [-0.3, -0.25) is 10.1 Å². The zero-order chi connectivity index (χ0) is 11.3. The molecule has 0 saturated heterocycles. The molecule has 1 atom stereocenters. The summed E-state index contributed by atoms with van der Waals surface area (Å²) in [6.45, 7) is 0.299. The van der Waals surface area contributed by atoms with Crippen molar-refractivity contribution in [2.24, 2.45) is 0 Å². The molecule has 1 fully saturated rings. The normalized spacial score (nSPS) is 26.9. The van der Waals surface area contributed by atoms with Gasteiger partial charge in [0.05, 0.1) is 4.92 Å². The van der Waals surface area contributed by atoms with Crippen molar-refractivity contribution in [3.05, 3.63) is 39.4 Å². The Labute approximate surface area is 88.9 Å². The molecular formula is C11H12N2O2. The monoisotopic (exact) mass is 205 g/mol. The van der Waals surface area contributed by atoms with Crippen molar-refractivity contribution in [1.82, 2.24) is 5.32 Å². The van der Waals surface area contributed by atoms with Gasteiger partial charge < -0.3 is 5.32 Å². The summed E-state index contributed by atoms with van der Waals surface area (Å²) in [5, 5.41) is 13.8. The lowest BCUT2D eigenvalue weighted by Crippen LogP contribution is -2.33. The van der Waals surface area contributed by atoms with Gasteiger partial charge >= 0.3 is 0 Å². The van der Waals surface area contributed by atoms with Crippen molar-refractivity contribution in [2.45, 2.75) is 24.8 Å². The van der Waals surface area contributed by atoms with Crippen LogP contribution in [0.5, 0.6) is 0 Å². The lowest BCUT2D eigenvalue weighted by atomic mass is 9.88. The largest absolute Gasteiger partial charge is 0.312 e. The molecule has 1 aliphatic heterocycles. The van der Waals surface area contributed by atoms with E-state index >= 15 is 0 Å². The molecular weight excluding hydrogens is 192 g/mol. The summed E-state index contributed by atoms with van der Waals surface area (Å²) in [6, 6.07) is 4.93. The first-order chi connectivity index (χ1) is 7.62. The van der Waals surface area contributed by atoms with Gasteiger partial charge in [0.25, 0.3) is 5.69 Å². The van der Waals surface area contributed by atoms with E-state index in [4.69, 9.17) is 1.37 Å². The van der Waals surface area contributed by atoms with Crippen LogP contribution >= 0.6 is 0 Å². The second-order valence-electron chi connectivity index (χ2n) is 4.33. The smallest absolute Gasteiger partial charge is 0.269 e. The van der Waals surface area contributed by atoms with Crippen LogP contribution in [0.1, 0.15) is 25.3 Å². The molecule has 1 aliphatic carbocycles. The molecule has 0 bridgehead atoms. The Bertz CT molecular complexity index is 471. The summed E-state index contributed by atoms with van der Waals surface area (Å²) >= 11 is 0. The number of nitro benzene ring substituents is 1. The number of fused-ring (bicyclic) bond motifs is 2. The molecule has 1 unspecified atom stereocenters. The minimum absolute atomic E-state index is 0.0792. The maximum Gasteiger partial charge on any atom is 0.269 e. The topological polar surface area (TPSA) is 55.2 Å². The summed E-state index contributed by atoms with van der Waals surface area (Å²) in [5.74, 6) is 0. The van der Waals surface area contributed by atoms with Crippen LogP contribution in [0.15, 0.2) is 18.2 Å². The van der Waals surface area contributed by atoms with Crippen molar-refractivity contribution in [2.75, 3.05) is 6.54 Å². The number of hydrogen-bond donors (Lipinski definition) is 1. The molecule has 1 heterocycles. The molecule has 1 aromatic carbocycles. The minimum Gasteiger partial charge on any atom is -0.312 e. The second-order valence-corrected chi connectivity index (χ2v) is 4.33. The van der Waals surface area contributed by atoms with Crippen LogP contribution in [0.3, 0.4) is 0 Å². The van der Waals surface area contributed by atoms with E-state index in [1.807, 2.05) is 6.07 Å². The lowest BCUT2D eigenvalue weighted by molar-refractivity contribution is -0.384. The number of nitrogens with one attached hydrogen (secondary N) is 1. The first-order valence-electron chi connectivity index (χ1n) is 5.65. The highest BCUT2D eigenvalue weighted by atomic mass is 16.6. The number of nitro groups is 1. The zero-order valence-corrected chi connectivity index (χ0v) is 8.19. The third-order valence-corrected chi connectivity index (χ3v) is 3.37. The van der Waals surface area contributed by atoms with Crippen LogP contribution in [-0.4, -0.2) is 11.5 Å². The average Bonchev–Trinajstić information content (AvgIpc) is 3.05. The summed E-state index contributed by atoms with van der Waals surface area (Å²) in [5.41, 5.74) is 2.16. The molecule has 1 spiro atoms. The van der Waals surface area contributed by atoms with E-state index in [2.05, 4.69) is 5.32 Å². The first kappa shape index (κ1) is 7.82. The Morgan fingerprint density at radius 3 is 3.00 bits per heavy atom. The van der Waals surface area contributed by atoms with Gasteiger partial charge in [-0.05, 0) is 24.0 Å². The average molecular weight is 205 g/mol. The first-order valence-corrected chi connectivity index (χ1v) is 5.07. The number of benzene rings is 1. The molecule has 1 aromatic rings. The van der Waals surface area contributed by atoms with Gasteiger partial charge in [-0.25, -0.2) is 0 Å². The van der Waals surface area contributed by atoms with Crippen molar-refractivity contribution in [3.63, 3.8) is 0 Å². The highest BCUT2D eigenvalue weighted by Crippen LogP contribution is 2.50. The Morgan fingerprint density at radius 2 is 2.33 bits per heavy atom. The van der Waals surface area contributed by atoms with Gasteiger partial charge in [0.1, 0.15) is 0 Å². The fourth-order valence-electron chi connectivity index (χ4n) is 2.31. The highest BCUT2D eigenvalue weighted by Gasteiger charge is 2.46. The van der Waals surface area contributed by atoms with Gasteiger partial charge in [0, 0.05) is 32.0 Å². The zero-order valence-electron chi connectivity index (χ0n) is 9.19. The Balaban J connectivity index is 2.12. The van der Waals surface area contributed by atoms with Crippen LogP contribution in [0.4, 0.5) is 5.69 Å². The van der Waals surface area contributed by atoms with E-state index in [9.17, 15) is 10.1 Å². The van der Waals surface area contributed by atoms with Crippen molar-refractivity contribution < 1.29 is 6.29 Å². The molecule has 15 heavy (non-hydrogen) atoms. The van der Waals surface area contributed by atoms with E-state index in [0.29, 0.717) is 0 Å². The minimum atomic E-state index is -0.527. The van der Waals surface area contributed by atoms with Crippen LogP contribution in [0.2, 0.25) is 0 Å². The number of nitrogens with zero attached hydrogens (tertiary/aromatic N) is 1. The van der Waals surface area contributed by atoms with E-state index in [1.54, 1.807) is 12.1 Å². The summed E-state index contributed by atoms with van der Waals surface area (Å²) in [6.07, 6.45) is 2.25. The van der Waals surface area contributed by atoms with Crippen LogP contribution < -0.4 is 5.32 Å². The predicted octanol–water partition coefficient (Wildman–Crippen LogP) is 1.73. The lowest BCUT2D eigenvalue weighted by Gasteiger charge is -2.25. The summed E-state index contributed by atoms with van der Waals surface area (Å²) in [4.78, 5) is 10.3. The quantitative estimate of drug-likeness (QED) is 0.561. The summed E-state index contributed by atoms with van der Waals surface area (Å²) in [7, 11) is 0. The number of hydrogen-bond acceptors (Lipinski definition) is 3. The Kier molecular flexibility index (Phi) is 1.46. The number of non-ortho nitro benzene ring substituents is 1. The molecule has 3 rings (SSSR count).